The first-order chi connectivity index (χ1) is 11.7. The SMILES string of the molecule is CC[C@H]1CN(C(=O)NCN)C[C@H]1c1nnc2cnc3[nH]ccc3n12. The Morgan fingerprint density at radius 3 is 3.12 bits per heavy atom. The highest BCUT2D eigenvalue weighted by molar-refractivity contribution is 5.75. The largest absolute Gasteiger partial charge is 0.345 e. The van der Waals surface area contributed by atoms with Gasteiger partial charge >= 0.3 is 6.03 Å². The lowest BCUT2D eigenvalue weighted by Crippen LogP contribution is -2.41. The molecule has 0 saturated carbocycles. The van der Waals surface area contributed by atoms with Crippen LogP contribution in [0.15, 0.2) is 18.5 Å². The molecule has 0 bridgehead atoms. The number of rotatable bonds is 3. The second-order valence-electron chi connectivity index (χ2n) is 6.09. The summed E-state index contributed by atoms with van der Waals surface area (Å²) in [7, 11) is 0. The zero-order valence-corrected chi connectivity index (χ0v) is 13.4. The Bertz CT molecular complexity index is 884. The number of nitrogens with one attached hydrogen (secondary N) is 2. The van der Waals surface area contributed by atoms with Gasteiger partial charge in [-0.25, -0.2) is 9.78 Å². The Balaban J connectivity index is 1.76. The molecule has 4 heterocycles. The number of aromatic amines is 1. The van der Waals surface area contributed by atoms with Gasteiger partial charge in [-0.05, 0) is 12.0 Å². The fourth-order valence-electron chi connectivity index (χ4n) is 3.58. The Kier molecular flexibility index (Phi) is 3.57. The van der Waals surface area contributed by atoms with Gasteiger partial charge in [0, 0.05) is 25.2 Å². The third kappa shape index (κ3) is 2.20. The molecule has 1 fully saturated rings. The van der Waals surface area contributed by atoms with Crippen molar-refractivity contribution in [3.8, 4) is 0 Å². The average molecular weight is 328 g/mol. The normalized spacial score (nSPS) is 21.0. The number of H-pyrrole nitrogens is 1. The van der Waals surface area contributed by atoms with Crippen LogP contribution in [0.3, 0.4) is 0 Å². The molecule has 0 radical (unpaired) electrons. The van der Waals surface area contributed by atoms with E-state index in [4.69, 9.17) is 5.73 Å². The first kappa shape index (κ1) is 14.9. The maximum Gasteiger partial charge on any atom is 0.318 e. The molecule has 2 atom stereocenters. The quantitative estimate of drug-likeness (QED) is 0.610. The topological polar surface area (TPSA) is 117 Å². The van der Waals surface area contributed by atoms with Gasteiger partial charge in [-0.2, -0.15) is 0 Å². The molecule has 1 aliphatic rings. The van der Waals surface area contributed by atoms with Crippen molar-refractivity contribution >= 4 is 22.8 Å². The van der Waals surface area contributed by atoms with Crippen LogP contribution in [-0.4, -0.2) is 55.3 Å². The minimum Gasteiger partial charge on any atom is -0.345 e. The zero-order chi connectivity index (χ0) is 16.7. The van der Waals surface area contributed by atoms with Crippen molar-refractivity contribution in [3.63, 3.8) is 0 Å². The first-order valence-electron chi connectivity index (χ1n) is 8.13. The molecule has 1 aliphatic heterocycles. The average Bonchev–Trinajstić information content (AvgIpc) is 3.30. The Labute approximate surface area is 138 Å². The van der Waals surface area contributed by atoms with Gasteiger partial charge in [-0.15, -0.1) is 10.2 Å². The van der Waals surface area contributed by atoms with Gasteiger partial charge in [0.1, 0.15) is 5.82 Å². The minimum absolute atomic E-state index is 0.124. The predicted molar refractivity (Wildman–Crippen MR) is 88.3 cm³/mol. The second-order valence-corrected chi connectivity index (χ2v) is 6.09. The van der Waals surface area contributed by atoms with Crippen LogP contribution in [0.25, 0.3) is 16.8 Å². The van der Waals surface area contributed by atoms with Crippen molar-refractivity contribution in [2.24, 2.45) is 11.7 Å². The molecule has 9 heteroatoms. The van der Waals surface area contributed by atoms with E-state index in [-0.39, 0.29) is 18.6 Å². The van der Waals surface area contributed by atoms with Crippen LogP contribution in [-0.2, 0) is 0 Å². The maximum atomic E-state index is 12.1. The molecular weight excluding hydrogens is 308 g/mol. The van der Waals surface area contributed by atoms with E-state index in [2.05, 4.69) is 32.4 Å². The highest BCUT2D eigenvalue weighted by Crippen LogP contribution is 2.34. The van der Waals surface area contributed by atoms with Crippen molar-refractivity contribution in [1.29, 1.82) is 0 Å². The third-order valence-corrected chi connectivity index (χ3v) is 4.80. The second kappa shape index (κ2) is 5.75. The van der Waals surface area contributed by atoms with E-state index in [0.29, 0.717) is 19.0 Å². The van der Waals surface area contributed by atoms with Gasteiger partial charge in [0.05, 0.1) is 18.4 Å². The number of hydrogen-bond acceptors (Lipinski definition) is 5. The highest BCUT2D eigenvalue weighted by atomic mass is 16.2. The van der Waals surface area contributed by atoms with E-state index in [0.717, 1.165) is 29.1 Å². The molecule has 4 N–H and O–H groups in total. The number of carbonyl (C=O) groups is 1. The monoisotopic (exact) mass is 328 g/mol. The Morgan fingerprint density at radius 2 is 2.33 bits per heavy atom. The number of fused-ring (bicyclic) bond motifs is 3. The zero-order valence-electron chi connectivity index (χ0n) is 13.4. The number of nitrogens with two attached hydrogens (primary N) is 1. The standard InChI is InChI=1S/C15H20N8O/c1-2-9-6-22(15(24)19-8-16)7-10(9)14-21-20-12-5-18-13-11(23(12)14)3-4-17-13/h3-5,9-10,17H,2,6-8,16H2,1H3,(H,19,24)/t9-,10+/m0/s1. The van der Waals surface area contributed by atoms with Gasteiger partial charge in [-0.3, -0.25) is 4.40 Å². The fourth-order valence-corrected chi connectivity index (χ4v) is 3.58. The van der Waals surface area contributed by atoms with Crippen molar-refractivity contribution in [2.45, 2.75) is 19.3 Å². The van der Waals surface area contributed by atoms with E-state index in [1.807, 2.05) is 21.6 Å². The molecule has 1 saturated heterocycles. The summed E-state index contributed by atoms with van der Waals surface area (Å²) in [6.45, 7) is 3.58. The smallest absolute Gasteiger partial charge is 0.318 e. The molecular formula is C15H20N8O. The van der Waals surface area contributed by atoms with Crippen molar-refractivity contribution in [3.05, 3.63) is 24.3 Å². The van der Waals surface area contributed by atoms with E-state index in [1.54, 1.807) is 6.20 Å². The molecule has 0 unspecified atom stereocenters. The number of amides is 2. The molecule has 3 aromatic heterocycles. The summed E-state index contributed by atoms with van der Waals surface area (Å²) in [5, 5.41) is 11.4. The summed E-state index contributed by atoms with van der Waals surface area (Å²) in [6, 6.07) is 1.84. The van der Waals surface area contributed by atoms with Gasteiger partial charge in [-0.1, -0.05) is 13.3 Å². The van der Waals surface area contributed by atoms with Gasteiger partial charge in [0.15, 0.2) is 11.3 Å². The summed E-state index contributed by atoms with van der Waals surface area (Å²) in [6.07, 6.45) is 4.53. The van der Waals surface area contributed by atoms with Crippen molar-refractivity contribution in [1.82, 2.24) is 34.8 Å². The first-order valence-corrected chi connectivity index (χ1v) is 8.13. The minimum atomic E-state index is -0.124. The molecule has 24 heavy (non-hydrogen) atoms. The van der Waals surface area contributed by atoms with Crippen LogP contribution in [0.1, 0.15) is 25.1 Å². The number of carbonyl (C=O) groups excluding carboxylic acids is 1. The van der Waals surface area contributed by atoms with E-state index in [9.17, 15) is 4.79 Å². The van der Waals surface area contributed by atoms with Crippen LogP contribution >= 0.6 is 0 Å². The third-order valence-electron chi connectivity index (χ3n) is 4.80. The van der Waals surface area contributed by atoms with Crippen LogP contribution in [0.4, 0.5) is 4.79 Å². The number of likely N-dealkylation sites (tertiary alicyclic amines) is 1. The lowest BCUT2D eigenvalue weighted by Gasteiger charge is -2.16. The molecule has 2 amide bonds. The summed E-state index contributed by atoms with van der Waals surface area (Å²) in [4.78, 5) is 21.4. The lowest BCUT2D eigenvalue weighted by atomic mass is 9.93. The van der Waals surface area contributed by atoms with Gasteiger partial charge in [0.25, 0.3) is 0 Å². The lowest BCUT2D eigenvalue weighted by molar-refractivity contribution is 0.207. The molecule has 0 aliphatic carbocycles. The van der Waals surface area contributed by atoms with E-state index in [1.165, 1.54) is 0 Å². The number of aromatic nitrogens is 5. The van der Waals surface area contributed by atoms with Crippen LogP contribution in [0.2, 0.25) is 0 Å². The van der Waals surface area contributed by atoms with Crippen LogP contribution in [0.5, 0.6) is 0 Å². The van der Waals surface area contributed by atoms with Crippen molar-refractivity contribution in [2.75, 3.05) is 19.8 Å². The molecule has 3 aromatic rings. The van der Waals surface area contributed by atoms with Crippen molar-refractivity contribution < 1.29 is 4.79 Å². The van der Waals surface area contributed by atoms with E-state index >= 15 is 0 Å². The summed E-state index contributed by atoms with van der Waals surface area (Å²) in [5.74, 6) is 1.35. The summed E-state index contributed by atoms with van der Waals surface area (Å²) >= 11 is 0. The van der Waals surface area contributed by atoms with Crippen LogP contribution in [0, 0.1) is 5.92 Å². The summed E-state index contributed by atoms with van der Waals surface area (Å²) < 4.78 is 2.04. The van der Waals surface area contributed by atoms with Gasteiger partial charge < -0.3 is 20.9 Å². The highest BCUT2D eigenvalue weighted by Gasteiger charge is 2.38. The number of hydrogen-bond donors (Lipinski definition) is 3. The molecule has 9 nitrogen and oxygen atoms in total. The predicted octanol–water partition coefficient (Wildman–Crippen LogP) is 0.657. The molecule has 126 valence electrons. The Morgan fingerprint density at radius 1 is 1.46 bits per heavy atom. The van der Waals surface area contributed by atoms with Crippen LogP contribution < -0.4 is 11.1 Å². The maximum absolute atomic E-state index is 12.1. The fraction of sp³-hybridized carbons (Fsp3) is 0.467. The summed E-state index contributed by atoms with van der Waals surface area (Å²) in [5.41, 5.74) is 7.89. The van der Waals surface area contributed by atoms with E-state index < -0.39 is 0 Å². The van der Waals surface area contributed by atoms with Gasteiger partial charge in [0.2, 0.25) is 0 Å². The molecule has 0 spiro atoms. The molecule has 4 rings (SSSR count). The number of urea groups is 1. The molecule has 0 aromatic carbocycles. The number of nitrogens with zero attached hydrogens (tertiary/aromatic N) is 5. The Hall–Kier alpha value is -2.68.